The molecule has 122 valence electrons. The molecule has 0 aliphatic carbocycles. The van der Waals surface area contributed by atoms with Crippen LogP contribution in [-0.4, -0.2) is 43.2 Å². The zero-order valence-electron chi connectivity index (χ0n) is 13.2. The summed E-state index contributed by atoms with van der Waals surface area (Å²) < 4.78 is 6.75. The number of ether oxygens (including phenoxy) is 1. The lowest BCUT2D eigenvalue weighted by molar-refractivity contribution is -0.126. The minimum atomic E-state index is 0.0742. The number of carbonyl (C=O) groups excluding carboxylic acids is 1. The number of carbonyl (C=O) groups is 1. The third-order valence-electron chi connectivity index (χ3n) is 4.58. The molecule has 6 heteroatoms. The lowest BCUT2D eigenvalue weighted by Crippen LogP contribution is -2.54. The molecule has 2 fully saturated rings. The molecule has 0 saturated carbocycles. The minimum Gasteiger partial charge on any atom is -0.376 e. The van der Waals surface area contributed by atoms with Crippen molar-refractivity contribution in [3.05, 3.63) is 23.8 Å². The highest BCUT2D eigenvalue weighted by Gasteiger charge is 2.34. The van der Waals surface area contributed by atoms with E-state index in [9.17, 15) is 4.79 Å². The van der Waals surface area contributed by atoms with Crippen LogP contribution in [0.3, 0.4) is 0 Å². The maximum Gasteiger partial charge on any atom is 0.226 e. The third-order valence-corrected chi connectivity index (χ3v) is 5.66. The summed E-state index contributed by atoms with van der Waals surface area (Å²) in [6.45, 7) is 5.09. The number of fused-ring (bicyclic) bond motifs is 1. The van der Waals surface area contributed by atoms with E-state index in [0.717, 1.165) is 43.2 Å². The molecule has 4 rings (SSSR count). The van der Waals surface area contributed by atoms with E-state index in [1.54, 1.807) is 11.3 Å². The van der Waals surface area contributed by atoms with Crippen LogP contribution in [0, 0.1) is 12.8 Å². The van der Waals surface area contributed by atoms with Crippen LogP contribution in [0.1, 0.15) is 18.4 Å². The highest BCUT2D eigenvalue weighted by molar-refractivity contribution is 7.22. The Morgan fingerprint density at radius 1 is 1.48 bits per heavy atom. The van der Waals surface area contributed by atoms with Gasteiger partial charge in [0.15, 0.2) is 5.13 Å². The van der Waals surface area contributed by atoms with Crippen molar-refractivity contribution in [1.82, 2.24) is 10.3 Å². The van der Waals surface area contributed by atoms with Crippen molar-refractivity contribution in [3.63, 3.8) is 0 Å². The highest BCUT2D eigenvalue weighted by Crippen LogP contribution is 2.33. The first kappa shape index (κ1) is 14.9. The SMILES string of the molecule is Cc1ccc2nc(N3CC(C(=O)NCC4CCCO4)C3)sc2c1. The fourth-order valence-electron chi connectivity index (χ4n) is 3.12. The Hall–Kier alpha value is -1.66. The molecule has 2 aliphatic heterocycles. The molecular formula is C17H21N3O2S. The summed E-state index contributed by atoms with van der Waals surface area (Å²) in [5.41, 5.74) is 2.30. The summed E-state index contributed by atoms with van der Waals surface area (Å²) in [5, 5.41) is 4.05. The van der Waals surface area contributed by atoms with Crippen LogP contribution in [0.5, 0.6) is 0 Å². The predicted octanol–water partition coefficient (Wildman–Crippen LogP) is 2.34. The molecule has 2 aromatic rings. The molecule has 0 spiro atoms. The number of nitrogens with one attached hydrogen (secondary N) is 1. The topological polar surface area (TPSA) is 54.5 Å². The van der Waals surface area contributed by atoms with E-state index in [4.69, 9.17) is 4.74 Å². The van der Waals surface area contributed by atoms with Gasteiger partial charge in [0.1, 0.15) is 0 Å². The number of benzene rings is 1. The van der Waals surface area contributed by atoms with Crippen molar-refractivity contribution in [2.75, 3.05) is 31.1 Å². The van der Waals surface area contributed by atoms with Crippen molar-refractivity contribution >= 4 is 32.6 Å². The van der Waals surface area contributed by atoms with Gasteiger partial charge in [-0.2, -0.15) is 0 Å². The second-order valence-electron chi connectivity index (χ2n) is 6.45. The van der Waals surface area contributed by atoms with Crippen LogP contribution >= 0.6 is 11.3 Å². The van der Waals surface area contributed by atoms with E-state index in [0.29, 0.717) is 6.54 Å². The van der Waals surface area contributed by atoms with E-state index in [1.165, 1.54) is 10.3 Å². The Labute approximate surface area is 139 Å². The molecule has 1 N–H and O–H groups in total. The number of nitrogens with zero attached hydrogens (tertiary/aromatic N) is 2. The van der Waals surface area contributed by atoms with Crippen LogP contribution in [0.4, 0.5) is 5.13 Å². The Balaban J connectivity index is 1.32. The number of hydrogen-bond donors (Lipinski definition) is 1. The van der Waals surface area contributed by atoms with Crippen LogP contribution in [0.15, 0.2) is 18.2 Å². The third kappa shape index (κ3) is 3.05. The molecule has 1 aromatic carbocycles. The number of aromatic nitrogens is 1. The fourth-order valence-corrected chi connectivity index (χ4v) is 4.20. The first-order valence-electron chi connectivity index (χ1n) is 8.20. The van der Waals surface area contributed by atoms with Crippen LogP contribution in [-0.2, 0) is 9.53 Å². The van der Waals surface area contributed by atoms with E-state index in [1.807, 2.05) is 0 Å². The largest absolute Gasteiger partial charge is 0.376 e. The van der Waals surface area contributed by atoms with E-state index in [-0.39, 0.29) is 17.9 Å². The zero-order chi connectivity index (χ0) is 15.8. The molecule has 2 saturated heterocycles. The Morgan fingerprint density at radius 2 is 2.35 bits per heavy atom. The lowest BCUT2D eigenvalue weighted by atomic mass is 10.00. The molecule has 23 heavy (non-hydrogen) atoms. The number of hydrogen-bond acceptors (Lipinski definition) is 5. The van der Waals surface area contributed by atoms with Crippen molar-refractivity contribution < 1.29 is 9.53 Å². The molecule has 2 aliphatic rings. The zero-order valence-corrected chi connectivity index (χ0v) is 14.1. The van der Waals surface area contributed by atoms with Gasteiger partial charge in [0.25, 0.3) is 0 Å². The van der Waals surface area contributed by atoms with Gasteiger partial charge in [0.05, 0.1) is 22.2 Å². The van der Waals surface area contributed by atoms with Gasteiger partial charge in [0.2, 0.25) is 5.91 Å². The first-order chi connectivity index (χ1) is 11.2. The molecule has 3 heterocycles. The number of rotatable bonds is 4. The summed E-state index contributed by atoms with van der Waals surface area (Å²) in [5.74, 6) is 0.221. The monoisotopic (exact) mass is 331 g/mol. The summed E-state index contributed by atoms with van der Waals surface area (Å²) in [4.78, 5) is 19.0. The fraction of sp³-hybridized carbons (Fsp3) is 0.529. The van der Waals surface area contributed by atoms with Crippen LogP contribution < -0.4 is 10.2 Å². The van der Waals surface area contributed by atoms with Gasteiger partial charge in [0, 0.05) is 26.2 Å². The van der Waals surface area contributed by atoms with Gasteiger partial charge >= 0.3 is 0 Å². The van der Waals surface area contributed by atoms with E-state index >= 15 is 0 Å². The molecule has 0 bridgehead atoms. The Bertz CT molecular complexity index is 718. The average Bonchev–Trinajstić information content (AvgIpc) is 3.12. The first-order valence-corrected chi connectivity index (χ1v) is 9.02. The Morgan fingerprint density at radius 3 is 3.13 bits per heavy atom. The van der Waals surface area contributed by atoms with E-state index in [2.05, 4.69) is 40.3 Å². The quantitative estimate of drug-likeness (QED) is 0.934. The summed E-state index contributed by atoms with van der Waals surface area (Å²) >= 11 is 1.71. The minimum absolute atomic E-state index is 0.0742. The lowest BCUT2D eigenvalue weighted by Gasteiger charge is -2.38. The molecular weight excluding hydrogens is 310 g/mol. The number of thiazole rings is 1. The second kappa shape index (κ2) is 6.09. The van der Waals surface area contributed by atoms with Gasteiger partial charge in [-0.05, 0) is 37.5 Å². The van der Waals surface area contributed by atoms with Gasteiger partial charge in [-0.25, -0.2) is 4.98 Å². The number of amides is 1. The number of aryl methyl sites for hydroxylation is 1. The average molecular weight is 331 g/mol. The maximum absolute atomic E-state index is 12.2. The molecule has 1 unspecified atom stereocenters. The molecule has 5 nitrogen and oxygen atoms in total. The molecule has 1 atom stereocenters. The predicted molar refractivity (Wildman–Crippen MR) is 92.0 cm³/mol. The van der Waals surface area contributed by atoms with Crippen molar-refractivity contribution in [3.8, 4) is 0 Å². The van der Waals surface area contributed by atoms with Crippen molar-refractivity contribution in [2.45, 2.75) is 25.9 Å². The molecule has 0 radical (unpaired) electrons. The van der Waals surface area contributed by atoms with Crippen LogP contribution in [0.2, 0.25) is 0 Å². The van der Waals surface area contributed by atoms with Crippen molar-refractivity contribution in [1.29, 1.82) is 0 Å². The summed E-state index contributed by atoms with van der Waals surface area (Å²) in [7, 11) is 0. The molecule has 1 amide bonds. The smallest absolute Gasteiger partial charge is 0.226 e. The summed E-state index contributed by atoms with van der Waals surface area (Å²) in [6.07, 6.45) is 2.37. The maximum atomic E-state index is 12.2. The second-order valence-corrected chi connectivity index (χ2v) is 7.46. The van der Waals surface area contributed by atoms with Gasteiger partial charge in [-0.15, -0.1) is 0 Å². The highest BCUT2D eigenvalue weighted by atomic mass is 32.1. The van der Waals surface area contributed by atoms with Crippen molar-refractivity contribution in [2.24, 2.45) is 5.92 Å². The van der Waals surface area contributed by atoms with Gasteiger partial charge in [-0.3, -0.25) is 4.79 Å². The Kier molecular flexibility index (Phi) is 3.95. The van der Waals surface area contributed by atoms with Gasteiger partial charge < -0.3 is 15.0 Å². The number of anilines is 1. The molecule has 1 aromatic heterocycles. The normalized spacial score (nSPS) is 21.6. The standard InChI is InChI=1S/C17H21N3O2S/c1-11-4-5-14-15(7-11)23-17(19-14)20-9-12(10-20)16(21)18-8-13-3-2-6-22-13/h4-5,7,12-13H,2-3,6,8-10H2,1H3,(H,18,21). The van der Waals surface area contributed by atoms with Crippen LogP contribution in [0.25, 0.3) is 10.2 Å². The summed E-state index contributed by atoms with van der Waals surface area (Å²) in [6, 6.07) is 6.32. The van der Waals surface area contributed by atoms with E-state index < -0.39 is 0 Å². The van der Waals surface area contributed by atoms with Gasteiger partial charge in [-0.1, -0.05) is 17.4 Å².